The van der Waals surface area contributed by atoms with Gasteiger partial charge in [-0.05, 0) is 16.9 Å². The summed E-state index contributed by atoms with van der Waals surface area (Å²) in [7, 11) is -0.897. The molecule has 1 heterocycles. The Balaban J connectivity index is 2.85. The molecule has 1 rings (SSSR count). The van der Waals surface area contributed by atoms with Gasteiger partial charge in [0.1, 0.15) is 0 Å². The fourth-order valence-electron chi connectivity index (χ4n) is 1.25. The number of aliphatic hydroxyl groups is 1. The van der Waals surface area contributed by atoms with E-state index in [9.17, 15) is 4.79 Å². The topological polar surface area (TPSA) is 37.3 Å². The Morgan fingerprint density at radius 2 is 2.09 bits per heavy atom. The standard InChI is InChI=1S/C8H14O2S/c1-3-11(4-2)5-7(9)8(10)6-11/h5,9H,3-4,6H2,1-2H3. The summed E-state index contributed by atoms with van der Waals surface area (Å²) in [5.41, 5.74) is 0. The van der Waals surface area contributed by atoms with Crippen molar-refractivity contribution in [3.8, 4) is 0 Å². The first-order valence-electron chi connectivity index (χ1n) is 3.84. The zero-order valence-corrected chi connectivity index (χ0v) is 7.78. The van der Waals surface area contributed by atoms with E-state index < -0.39 is 10.0 Å². The average molecular weight is 174 g/mol. The largest absolute Gasteiger partial charge is 0.504 e. The molecule has 1 N–H and O–H groups in total. The number of allylic oxidation sites excluding steroid dienone is 1. The highest BCUT2D eigenvalue weighted by atomic mass is 32.3. The predicted octanol–water partition coefficient (Wildman–Crippen LogP) is 1.81. The normalized spacial score (nSPS) is 24.9. The Labute approximate surface area is 68.6 Å². The van der Waals surface area contributed by atoms with E-state index in [-0.39, 0.29) is 11.5 Å². The second-order valence-corrected chi connectivity index (χ2v) is 6.66. The lowest BCUT2D eigenvalue weighted by Gasteiger charge is -2.28. The minimum absolute atomic E-state index is 0.00343. The van der Waals surface area contributed by atoms with Gasteiger partial charge >= 0.3 is 0 Å². The molecule has 0 aliphatic carbocycles. The number of ketones is 1. The van der Waals surface area contributed by atoms with Crippen molar-refractivity contribution >= 4 is 15.8 Å². The minimum atomic E-state index is -0.897. The van der Waals surface area contributed by atoms with Crippen LogP contribution in [0.1, 0.15) is 13.8 Å². The van der Waals surface area contributed by atoms with Gasteiger partial charge in [-0.3, -0.25) is 4.79 Å². The fourth-order valence-corrected chi connectivity index (χ4v) is 3.76. The van der Waals surface area contributed by atoms with Gasteiger partial charge in [-0.2, -0.15) is 0 Å². The van der Waals surface area contributed by atoms with Gasteiger partial charge in [0, 0.05) is 5.75 Å². The maximum absolute atomic E-state index is 11.0. The van der Waals surface area contributed by atoms with Gasteiger partial charge in [0.05, 0.1) is 0 Å². The highest BCUT2D eigenvalue weighted by Crippen LogP contribution is 2.53. The maximum atomic E-state index is 11.0. The third kappa shape index (κ3) is 1.43. The lowest BCUT2D eigenvalue weighted by Crippen LogP contribution is -2.09. The first-order valence-corrected chi connectivity index (χ1v) is 6.04. The summed E-state index contributed by atoms with van der Waals surface area (Å²) < 4.78 is 0. The Bertz CT molecular complexity index is 204. The molecule has 2 nitrogen and oxygen atoms in total. The van der Waals surface area contributed by atoms with Crippen LogP contribution in [0.3, 0.4) is 0 Å². The molecule has 0 aromatic heterocycles. The third-order valence-corrected chi connectivity index (χ3v) is 6.08. The Kier molecular flexibility index (Phi) is 2.28. The van der Waals surface area contributed by atoms with Crippen molar-refractivity contribution < 1.29 is 9.90 Å². The first-order chi connectivity index (χ1) is 5.13. The number of rotatable bonds is 2. The molecule has 0 aromatic rings. The molecule has 0 bridgehead atoms. The highest BCUT2D eigenvalue weighted by Gasteiger charge is 2.30. The van der Waals surface area contributed by atoms with E-state index in [2.05, 4.69) is 13.8 Å². The van der Waals surface area contributed by atoms with Crippen LogP contribution in [0, 0.1) is 0 Å². The van der Waals surface area contributed by atoms with Crippen molar-refractivity contribution in [1.82, 2.24) is 0 Å². The van der Waals surface area contributed by atoms with Crippen molar-refractivity contribution in [1.29, 1.82) is 0 Å². The molecule has 0 radical (unpaired) electrons. The van der Waals surface area contributed by atoms with Gasteiger partial charge in [-0.15, -0.1) is 0 Å². The number of hydrogen-bond acceptors (Lipinski definition) is 2. The summed E-state index contributed by atoms with van der Waals surface area (Å²) in [5, 5.41) is 10.9. The second-order valence-electron chi connectivity index (χ2n) is 2.76. The van der Waals surface area contributed by atoms with Crippen LogP contribution in [0.2, 0.25) is 0 Å². The summed E-state index contributed by atoms with van der Waals surface area (Å²) >= 11 is 0. The molecule has 0 atom stereocenters. The molecule has 0 saturated carbocycles. The van der Waals surface area contributed by atoms with Crippen LogP contribution in [0.25, 0.3) is 0 Å². The summed E-state index contributed by atoms with van der Waals surface area (Å²) in [6.07, 6.45) is 0. The number of carbonyl (C=O) groups is 1. The highest BCUT2D eigenvalue weighted by molar-refractivity contribution is 8.36. The summed E-state index contributed by atoms with van der Waals surface area (Å²) in [4.78, 5) is 11.0. The summed E-state index contributed by atoms with van der Waals surface area (Å²) in [6, 6.07) is 0. The van der Waals surface area contributed by atoms with E-state index in [0.717, 1.165) is 11.5 Å². The predicted molar refractivity (Wildman–Crippen MR) is 49.3 cm³/mol. The Morgan fingerprint density at radius 3 is 2.27 bits per heavy atom. The van der Waals surface area contributed by atoms with E-state index in [4.69, 9.17) is 5.11 Å². The van der Waals surface area contributed by atoms with Crippen molar-refractivity contribution in [3.63, 3.8) is 0 Å². The van der Waals surface area contributed by atoms with E-state index >= 15 is 0 Å². The monoisotopic (exact) mass is 174 g/mol. The van der Waals surface area contributed by atoms with Crippen molar-refractivity contribution in [3.05, 3.63) is 11.2 Å². The summed E-state index contributed by atoms with van der Waals surface area (Å²) in [5.74, 6) is 2.54. The molecule has 64 valence electrons. The van der Waals surface area contributed by atoms with Gasteiger partial charge < -0.3 is 5.11 Å². The maximum Gasteiger partial charge on any atom is 0.206 e. The molecule has 0 fully saturated rings. The minimum Gasteiger partial charge on any atom is -0.504 e. The molecule has 0 saturated heterocycles. The molecule has 11 heavy (non-hydrogen) atoms. The zero-order chi connectivity index (χ0) is 8.48. The van der Waals surface area contributed by atoms with Gasteiger partial charge in [0.15, 0.2) is 5.76 Å². The van der Waals surface area contributed by atoms with Gasteiger partial charge in [0.2, 0.25) is 5.78 Å². The number of hydrogen-bond donors (Lipinski definition) is 1. The van der Waals surface area contributed by atoms with Crippen LogP contribution in [0.15, 0.2) is 11.2 Å². The third-order valence-electron chi connectivity index (χ3n) is 2.22. The van der Waals surface area contributed by atoms with Crippen LogP contribution in [-0.4, -0.2) is 28.1 Å². The van der Waals surface area contributed by atoms with Crippen molar-refractivity contribution in [2.45, 2.75) is 13.8 Å². The van der Waals surface area contributed by atoms with Gasteiger partial charge in [-0.1, -0.05) is 13.8 Å². The lowest BCUT2D eigenvalue weighted by atomic mass is 10.4. The Morgan fingerprint density at radius 1 is 1.55 bits per heavy atom. The quantitative estimate of drug-likeness (QED) is 0.693. The molecule has 1 aliphatic heterocycles. The zero-order valence-electron chi connectivity index (χ0n) is 6.96. The van der Waals surface area contributed by atoms with Gasteiger partial charge in [0.25, 0.3) is 0 Å². The first kappa shape index (κ1) is 8.65. The smallest absolute Gasteiger partial charge is 0.206 e. The molecule has 0 amide bonds. The molecular weight excluding hydrogens is 160 g/mol. The molecule has 0 aromatic carbocycles. The van der Waals surface area contributed by atoms with E-state index in [0.29, 0.717) is 5.75 Å². The van der Waals surface area contributed by atoms with Crippen LogP contribution >= 0.6 is 10.0 Å². The number of carbonyl (C=O) groups excluding carboxylic acids is 1. The van der Waals surface area contributed by atoms with Crippen molar-refractivity contribution in [2.75, 3.05) is 17.3 Å². The lowest BCUT2D eigenvalue weighted by molar-refractivity contribution is -0.115. The Hall–Kier alpha value is -0.440. The van der Waals surface area contributed by atoms with E-state index in [1.54, 1.807) is 5.41 Å². The number of aliphatic hydroxyl groups excluding tert-OH is 1. The van der Waals surface area contributed by atoms with E-state index in [1.807, 2.05) is 0 Å². The van der Waals surface area contributed by atoms with Crippen LogP contribution < -0.4 is 0 Å². The van der Waals surface area contributed by atoms with Crippen LogP contribution in [0.4, 0.5) is 0 Å². The van der Waals surface area contributed by atoms with Crippen molar-refractivity contribution in [2.24, 2.45) is 0 Å². The van der Waals surface area contributed by atoms with E-state index in [1.165, 1.54) is 0 Å². The SMILES string of the molecule is CCS1(CC)C=C(O)C(=O)C1. The van der Waals surface area contributed by atoms with Crippen LogP contribution in [0.5, 0.6) is 0 Å². The second kappa shape index (κ2) is 2.89. The fraction of sp³-hybridized carbons (Fsp3) is 0.625. The van der Waals surface area contributed by atoms with Crippen LogP contribution in [-0.2, 0) is 4.79 Å². The molecule has 0 spiro atoms. The summed E-state index contributed by atoms with van der Waals surface area (Å²) in [6.45, 7) is 4.17. The average Bonchev–Trinajstić information content (AvgIpc) is 2.29. The molecular formula is C8H14O2S. The molecule has 3 heteroatoms. The number of Topliss-reactive ketones (excluding diaryl/α,β-unsaturated/α-hetero) is 1. The molecule has 1 aliphatic rings. The molecule has 0 unspecified atom stereocenters. The van der Waals surface area contributed by atoms with Gasteiger partial charge in [-0.25, -0.2) is 10.0 Å².